The van der Waals surface area contributed by atoms with Gasteiger partial charge in [-0.25, -0.2) is 18.2 Å². The van der Waals surface area contributed by atoms with Gasteiger partial charge in [0.2, 0.25) is 5.91 Å². The topological polar surface area (TPSA) is 86.1 Å². The van der Waals surface area contributed by atoms with Crippen molar-refractivity contribution in [2.45, 2.75) is 37.8 Å². The van der Waals surface area contributed by atoms with Crippen molar-refractivity contribution in [2.75, 3.05) is 36.0 Å². The van der Waals surface area contributed by atoms with E-state index in [0.29, 0.717) is 47.2 Å². The number of nitrogens with zero attached hydrogens (tertiary/aromatic N) is 3. The predicted molar refractivity (Wildman–Crippen MR) is 126 cm³/mol. The zero-order chi connectivity index (χ0) is 24.2. The minimum Gasteiger partial charge on any atom is -0.370 e. The number of amides is 1. The van der Waals surface area contributed by atoms with E-state index in [1.807, 2.05) is 30.3 Å². The van der Waals surface area contributed by atoms with Crippen molar-refractivity contribution in [1.82, 2.24) is 10.3 Å². The number of aromatic nitrogens is 1. The summed E-state index contributed by atoms with van der Waals surface area (Å²) in [6.45, 7) is 1.19. The first-order chi connectivity index (χ1) is 16.4. The minimum atomic E-state index is -2.76. The van der Waals surface area contributed by atoms with Gasteiger partial charge in [-0.05, 0) is 37.0 Å². The first kappa shape index (κ1) is 24.7. The Hall–Kier alpha value is -2.45. The van der Waals surface area contributed by atoms with E-state index in [1.54, 1.807) is 0 Å². The number of carbonyl (C=O) groups excluding carboxylic acids is 1. The molecule has 11 heteroatoms. The number of hydrogen-bond acceptors (Lipinski definition) is 6. The molecule has 4 rings (SSSR count). The van der Waals surface area contributed by atoms with Gasteiger partial charge in [-0.3, -0.25) is 9.00 Å². The molecule has 2 aliphatic rings. The first-order valence-corrected chi connectivity index (χ1v) is 13.5. The first-order valence-electron chi connectivity index (χ1n) is 11.1. The Bertz CT molecular complexity index is 1080. The van der Waals surface area contributed by atoms with Crippen molar-refractivity contribution in [3.63, 3.8) is 0 Å². The maximum Gasteiger partial charge on any atom is 0.289 e. The third-order valence-corrected chi connectivity index (χ3v) is 8.75. The molecule has 1 saturated heterocycles. The van der Waals surface area contributed by atoms with E-state index in [1.165, 1.54) is 0 Å². The summed E-state index contributed by atoms with van der Waals surface area (Å²) in [6, 6.07) is 9.34. The molecule has 3 atom stereocenters. The molecule has 1 aliphatic heterocycles. The molecule has 2 heterocycles. The van der Waals surface area contributed by atoms with E-state index in [9.17, 15) is 22.2 Å². The lowest BCUT2D eigenvalue weighted by Gasteiger charge is -2.32. The van der Waals surface area contributed by atoms with Gasteiger partial charge < -0.3 is 10.2 Å². The van der Waals surface area contributed by atoms with Gasteiger partial charge in [0.1, 0.15) is 12.7 Å². The van der Waals surface area contributed by atoms with Crippen molar-refractivity contribution < 1.29 is 22.2 Å². The highest BCUT2D eigenvalue weighted by molar-refractivity contribution is 7.85. The second kappa shape index (κ2) is 10.9. The lowest BCUT2D eigenvalue weighted by molar-refractivity contribution is -0.127. The van der Waals surface area contributed by atoms with E-state index in [4.69, 9.17) is 5.26 Å². The fraction of sp³-hybridized carbons (Fsp3) is 0.522. The third-order valence-electron chi connectivity index (χ3n) is 6.34. The fourth-order valence-electron chi connectivity index (χ4n) is 4.61. The van der Waals surface area contributed by atoms with Gasteiger partial charge in [0.25, 0.3) is 6.43 Å². The van der Waals surface area contributed by atoms with Crippen LogP contribution in [0, 0.1) is 17.2 Å². The highest BCUT2D eigenvalue weighted by atomic mass is 32.2. The van der Waals surface area contributed by atoms with Crippen molar-refractivity contribution in [3.05, 3.63) is 35.0 Å². The van der Waals surface area contributed by atoms with Crippen molar-refractivity contribution in [3.8, 4) is 16.5 Å². The number of alkyl halides is 3. The Morgan fingerprint density at radius 1 is 1.26 bits per heavy atom. The Kier molecular flexibility index (Phi) is 7.88. The quantitative estimate of drug-likeness (QED) is 0.590. The van der Waals surface area contributed by atoms with Crippen LogP contribution in [0.4, 0.5) is 18.9 Å². The fourth-order valence-corrected chi connectivity index (χ4v) is 6.66. The molecular formula is C23H25F3N4O2S2. The highest BCUT2D eigenvalue weighted by Gasteiger charge is 2.39. The Balaban J connectivity index is 1.65. The standard InChI is InChI=1S/C23H25F3N4O2S2/c24-15-3-6-17(18(13-15)22(31)28-8-7-27)19-20(33-23(29-19)21(25)26)14-1-4-16(5-2-14)30-9-11-34(32)12-10-30/h1-2,4-5,15,17-18,21H,3,6,8-13H2,(H,28,31)/t15-,17+,18?/m0/s1. The second-order valence-corrected chi connectivity index (χ2v) is 11.2. The molecule has 2 aromatic rings. The summed E-state index contributed by atoms with van der Waals surface area (Å²) in [5.41, 5.74) is 2.07. The van der Waals surface area contributed by atoms with Crippen LogP contribution in [0.5, 0.6) is 0 Å². The van der Waals surface area contributed by atoms with Crippen molar-refractivity contribution in [2.24, 2.45) is 5.92 Å². The summed E-state index contributed by atoms with van der Waals surface area (Å²) in [7, 11) is -0.786. The second-order valence-electron chi connectivity index (χ2n) is 8.45. The number of carbonyl (C=O) groups is 1. The van der Waals surface area contributed by atoms with Crippen LogP contribution in [0.25, 0.3) is 10.4 Å². The smallest absolute Gasteiger partial charge is 0.289 e. The summed E-state index contributed by atoms with van der Waals surface area (Å²) >= 11 is 0.896. The van der Waals surface area contributed by atoms with Gasteiger partial charge in [-0.1, -0.05) is 12.1 Å². The molecule has 1 amide bonds. The SMILES string of the molecule is N#CCNC(=O)C1C[C@@H](F)CC[C@H]1c1nc(C(F)F)sc1-c1ccc(N2CCS(=O)CC2)cc1. The van der Waals surface area contributed by atoms with E-state index in [-0.39, 0.29) is 24.4 Å². The third kappa shape index (κ3) is 5.44. The largest absolute Gasteiger partial charge is 0.370 e. The van der Waals surface area contributed by atoms with Gasteiger partial charge in [0, 0.05) is 52.9 Å². The lowest BCUT2D eigenvalue weighted by Crippen LogP contribution is -2.38. The molecule has 1 N–H and O–H groups in total. The van der Waals surface area contributed by atoms with Gasteiger partial charge in [0.15, 0.2) is 5.01 Å². The summed E-state index contributed by atoms with van der Waals surface area (Å²) < 4.78 is 53.0. The van der Waals surface area contributed by atoms with Crippen LogP contribution < -0.4 is 10.2 Å². The van der Waals surface area contributed by atoms with Crippen LogP contribution in [0.1, 0.15) is 42.3 Å². The number of anilines is 1. The Labute approximate surface area is 202 Å². The molecule has 2 fully saturated rings. The average molecular weight is 511 g/mol. The number of nitrogens with one attached hydrogen (secondary N) is 1. The van der Waals surface area contributed by atoms with Crippen LogP contribution in [0.15, 0.2) is 24.3 Å². The zero-order valence-electron chi connectivity index (χ0n) is 18.4. The molecule has 1 unspecified atom stereocenters. The molecule has 6 nitrogen and oxygen atoms in total. The van der Waals surface area contributed by atoms with Crippen LogP contribution in [0.3, 0.4) is 0 Å². The number of halogens is 3. The van der Waals surface area contributed by atoms with Gasteiger partial charge >= 0.3 is 0 Å². The maximum atomic E-state index is 14.2. The zero-order valence-corrected chi connectivity index (χ0v) is 20.0. The van der Waals surface area contributed by atoms with E-state index in [2.05, 4.69) is 15.2 Å². The number of thiazole rings is 1. The molecule has 1 aliphatic carbocycles. The van der Waals surface area contributed by atoms with Gasteiger partial charge in [-0.15, -0.1) is 11.3 Å². The Morgan fingerprint density at radius 3 is 2.62 bits per heavy atom. The van der Waals surface area contributed by atoms with Gasteiger partial charge in [-0.2, -0.15) is 5.26 Å². The highest BCUT2D eigenvalue weighted by Crippen LogP contribution is 2.46. The molecule has 1 saturated carbocycles. The van der Waals surface area contributed by atoms with Crippen molar-refractivity contribution in [1.29, 1.82) is 5.26 Å². The summed E-state index contributed by atoms with van der Waals surface area (Å²) in [5.74, 6) is -0.516. The molecule has 1 aromatic heterocycles. The molecule has 1 aromatic carbocycles. The van der Waals surface area contributed by atoms with E-state index >= 15 is 0 Å². The van der Waals surface area contributed by atoms with Crippen molar-refractivity contribution >= 4 is 33.7 Å². The number of rotatable bonds is 6. The van der Waals surface area contributed by atoms with Crippen LogP contribution in [-0.4, -0.2) is 52.4 Å². The van der Waals surface area contributed by atoms with Crippen LogP contribution >= 0.6 is 11.3 Å². The summed E-state index contributed by atoms with van der Waals surface area (Å²) in [6.07, 6.45) is -3.41. The van der Waals surface area contributed by atoms with E-state index < -0.39 is 41.1 Å². The maximum absolute atomic E-state index is 14.2. The number of hydrogen-bond donors (Lipinski definition) is 1. The molecule has 0 spiro atoms. The van der Waals surface area contributed by atoms with Crippen LogP contribution in [0.2, 0.25) is 0 Å². The Morgan fingerprint density at radius 2 is 1.97 bits per heavy atom. The molecule has 0 radical (unpaired) electrons. The lowest BCUT2D eigenvalue weighted by atomic mass is 9.75. The average Bonchev–Trinajstić information content (AvgIpc) is 3.29. The molecule has 0 bridgehead atoms. The normalized spacial score (nSPS) is 23.6. The number of benzene rings is 1. The van der Waals surface area contributed by atoms with E-state index in [0.717, 1.165) is 17.0 Å². The summed E-state index contributed by atoms with van der Waals surface area (Å²) in [4.78, 5) is 19.6. The monoisotopic (exact) mass is 510 g/mol. The minimum absolute atomic E-state index is 0.0296. The predicted octanol–water partition coefficient (Wildman–Crippen LogP) is 4.18. The molecule has 182 valence electrons. The van der Waals surface area contributed by atoms with Crippen LogP contribution in [-0.2, 0) is 15.6 Å². The molecule has 34 heavy (non-hydrogen) atoms. The molecular weight excluding hydrogens is 485 g/mol. The number of nitriles is 1. The van der Waals surface area contributed by atoms with Gasteiger partial charge in [0.05, 0.1) is 16.6 Å². The summed E-state index contributed by atoms with van der Waals surface area (Å²) in [5, 5.41) is 10.9.